The van der Waals surface area contributed by atoms with Gasteiger partial charge in [0, 0.05) is 0 Å². The van der Waals surface area contributed by atoms with Crippen LogP contribution in [-0.2, 0) is 24.6 Å². The Morgan fingerprint density at radius 3 is 2.69 bits per heavy atom. The van der Waals surface area contributed by atoms with E-state index in [1.807, 2.05) is 0 Å². The molecular formula is C11H14O2. The molecule has 0 unspecified atom stereocenters. The van der Waals surface area contributed by atoms with Gasteiger partial charge >= 0.3 is 0 Å². The Kier molecular flexibility index (Phi) is 2.10. The minimum absolute atomic E-state index is 0.125. The smallest absolute Gasteiger partial charge is 0.0727 e. The van der Waals surface area contributed by atoms with Crippen molar-refractivity contribution in [2.45, 2.75) is 33.7 Å². The standard InChI is InChI=1S/C11H14O2/c1-7-3-9(4-12)8(2)11-6-13-5-10(7)11/h3,12H,4-6H2,1-2H3. The van der Waals surface area contributed by atoms with Gasteiger partial charge in [-0.2, -0.15) is 0 Å². The van der Waals surface area contributed by atoms with Gasteiger partial charge < -0.3 is 9.84 Å². The molecular weight excluding hydrogens is 164 g/mol. The molecule has 0 bridgehead atoms. The van der Waals surface area contributed by atoms with Crippen molar-refractivity contribution in [3.8, 4) is 0 Å². The van der Waals surface area contributed by atoms with E-state index in [9.17, 15) is 0 Å². The van der Waals surface area contributed by atoms with Crippen LogP contribution in [0.1, 0.15) is 27.8 Å². The third-order valence-corrected chi connectivity index (χ3v) is 2.83. The fraction of sp³-hybridized carbons (Fsp3) is 0.455. The molecule has 0 spiro atoms. The van der Waals surface area contributed by atoms with Crippen LogP contribution in [-0.4, -0.2) is 5.11 Å². The van der Waals surface area contributed by atoms with Crippen molar-refractivity contribution in [2.24, 2.45) is 0 Å². The Morgan fingerprint density at radius 2 is 2.00 bits per heavy atom. The van der Waals surface area contributed by atoms with Gasteiger partial charge in [-0.1, -0.05) is 6.07 Å². The molecule has 70 valence electrons. The molecule has 1 aliphatic heterocycles. The lowest BCUT2D eigenvalue weighted by atomic mass is 9.95. The maximum Gasteiger partial charge on any atom is 0.0727 e. The monoisotopic (exact) mass is 178 g/mol. The summed E-state index contributed by atoms with van der Waals surface area (Å²) in [5.74, 6) is 0. The zero-order valence-electron chi connectivity index (χ0n) is 8.05. The van der Waals surface area contributed by atoms with Crippen molar-refractivity contribution >= 4 is 0 Å². The topological polar surface area (TPSA) is 29.5 Å². The summed E-state index contributed by atoms with van der Waals surface area (Å²) in [6, 6.07) is 2.06. The van der Waals surface area contributed by atoms with Gasteiger partial charge in [0.15, 0.2) is 0 Å². The van der Waals surface area contributed by atoms with E-state index >= 15 is 0 Å². The molecule has 1 N–H and O–H groups in total. The highest BCUT2D eigenvalue weighted by Crippen LogP contribution is 2.28. The van der Waals surface area contributed by atoms with Crippen LogP contribution >= 0.6 is 0 Å². The molecule has 1 aromatic rings. The van der Waals surface area contributed by atoms with Crippen molar-refractivity contribution in [3.63, 3.8) is 0 Å². The normalized spacial score (nSPS) is 14.7. The number of ether oxygens (including phenoxy) is 1. The number of aliphatic hydroxyl groups excluding tert-OH is 1. The first-order chi connectivity index (χ1) is 6.24. The van der Waals surface area contributed by atoms with Gasteiger partial charge in [-0.05, 0) is 41.7 Å². The molecule has 2 nitrogen and oxygen atoms in total. The molecule has 1 heterocycles. The van der Waals surface area contributed by atoms with E-state index in [1.165, 1.54) is 22.3 Å². The van der Waals surface area contributed by atoms with Crippen LogP contribution in [0.3, 0.4) is 0 Å². The summed E-state index contributed by atoms with van der Waals surface area (Å²) in [4.78, 5) is 0. The van der Waals surface area contributed by atoms with Crippen LogP contribution in [0.25, 0.3) is 0 Å². The van der Waals surface area contributed by atoms with Gasteiger partial charge in [0.05, 0.1) is 19.8 Å². The van der Waals surface area contributed by atoms with Crippen LogP contribution < -0.4 is 0 Å². The Balaban J connectivity index is 2.62. The molecule has 0 aliphatic carbocycles. The van der Waals surface area contributed by atoms with E-state index in [-0.39, 0.29) is 6.61 Å². The quantitative estimate of drug-likeness (QED) is 0.710. The summed E-state index contributed by atoms with van der Waals surface area (Å²) in [6.45, 7) is 5.69. The van der Waals surface area contributed by atoms with Gasteiger partial charge in [-0.25, -0.2) is 0 Å². The third-order valence-electron chi connectivity index (χ3n) is 2.83. The first-order valence-corrected chi connectivity index (χ1v) is 4.53. The predicted molar refractivity (Wildman–Crippen MR) is 50.3 cm³/mol. The third kappa shape index (κ3) is 1.26. The maximum absolute atomic E-state index is 9.13. The lowest BCUT2D eigenvalue weighted by molar-refractivity contribution is 0.134. The Hall–Kier alpha value is -0.860. The van der Waals surface area contributed by atoms with E-state index in [2.05, 4.69) is 19.9 Å². The second kappa shape index (κ2) is 3.13. The number of rotatable bonds is 1. The molecule has 0 amide bonds. The molecule has 2 rings (SSSR count). The van der Waals surface area contributed by atoms with E-state index in [0.717, 1.165) is 12.2 Å². The van der Waals surface area contributed by atoms with Gasteiger partial charge in [0.2, 0.25) is 0 Å². The summed E-state index contributed by atoms with van der Waals surface area (Å²) in [7, 11) is 0. The molecule has 0 atom stereocenters. The number of aliphatic hydroxyl groups is 1. The Labute approximate surface area is 78.2 Å². The summed E-state index contributed by atoms with van der Waals surface area (Å²) in [6.07, 6.45) is 0. The highest BCUT2D eigenvalue weighted by atomic mass is 16.5. The SMILES string of the molecule is Cc1cc(CO)c(C)c2c1COC2. The summed E-state index contributed by atoms with van der Waals surface area (Å²) in [5.41, 5.74) is 6.06. The lowest BCUT2D eigenvalue weighted by Crippen LogP contribution is -1.98. The Morgan fingerprint density at radius 1 is 1.31 bits per heavy atom. The van der Waals surface area contributed by atoms with Gasteiger partial charge in [-0.15, -0.1) is 0 Å². The molecule has 0 saturated carbocycles. The van der Waals surface area contributed by atoms with Crippen molar-refractivity contribution in [2.75, 3.05) is 0 Å². The summed E-state index contributed by atoms with van der Waals surface area (Å²) < 4.78 is 5.39. The predicted octanol–water partition coefficient (Wildman–Crippen LogP) is 1.83. The lowest BCUT2D eigenvalue weighted by Gasteiger charge is -2.10. The highest BCUT2D eigenvalue weighted by molar-refractivity contribution is 5.45. The van der Waals surface area contributed by atoms with Crippen LogP contribution in [0.5, 0.6) is 0 Å². The number of benzene rings is 1. The van der Waals surface area contributed by atoms with E-state index < -0.39 is 0 Å². The maximum atomic E-state index is 9.13. The molecule has 0 saturated heterocycles. The fourth-order valence-electron chi connectivity index (χ4n) is 1.93. The minimum atomic E-state index is 0.125. The van der Waals surface area contributed by atoms with E-state index in [0.29, 0.717) is 6.61 Å². The molecule has 1 aliphatic rings. The van der Waals surface area contributed by atoms with Crippen LogP contribution in [0.4, 0.5) is 0 Å². The van der Waals surface area contributed by atoms with Crippen LogP contribution in [0.2, 0.25) is 0 Å². The van der Waals surface area contributed by atoms with Gasteiger partial charge in [0.1, 0.15) is 0 Å². The number of hydrogen-bond acceptors (Lipinski definition) is 2. The van der Waals surface area contributed by atoms with Crippen molar-refractivity contribution in [3.05, 3.63) is 33.9 Å². The van der Waals surface area contributed by atoms with Crippen LogP contribution in [0.15, 0.2) is 6.07 Å². The molecule has 13 heavy (non-hydrogen) atoms. The first-order valence-electron chi connectivity index (χ1n) is 4.53. The van der Waals surface area contributed by atoms with Crippen molar-refractivity contribution < 1.29 is 9.84 Å². The number of hydrogen-bond donors (Lipinski definition) is 1. The molecule has 2 heteroatoms. The second-order valence-corrected chi connectivity index (χ2v) is 3.59. The molecule has 0 radical (unpaired) electrons. The number of fused-ring (bicyclic) bond motifs is 1. The molecule has 0 fully saturated rings. The minimum Gasteiger partial charge on any atom is -0.392 e. The molecule has 1 aromatic carbocycles. The Bertz CT molecular complexity index is 342. The second-order valence-electron chi connectivity index (χ2n) is 3.59. The highest BCUT2D eigenvalue weighted by Gasteiger charge is 2.17. The largest absolute Gasteiger partial charge is 0.392 e. The zero-order chi connectivity index (χ0) is 9.42. The van der Waals surface area contributed by atoms with Crippen molar-refractivity contribution in [1.29, 1.82) is 0 Å². The number of aryl methyl sites for hydroxylation is 1. The van der Waals surface area contributed by atoms with Crippen molar-refractivity contribution in [1.82, 2.24) is 0 Å². The summed E-state index contributed by atoms with van der Waals surface area (Å²) >= 11 is 0. The van der Waals surface area contributed by atoms with Crippen LogP contribution in [0, 0.1) is 13.8 Å². The van der Waals surface area contributed by atoms with E-state index in [4.69, 9.17) is 9.84 Å². The van der Waals surface area contributed by atoms with Gasteiger partial charge in [-0.3, -0.25) is 0 Å². The van der Waals surface area contributed by atoms with E-state index in [1.54, 1.807) is 0 Å². The average Bonchev–Trinajstić information content (AvgIpc) is 2.60. The molecule has 0 aromatic heterocycles. The average molecular weight is 178 g/mol. The zero-order valence-corrected chi connectivity index (χ0v) is 8.05. The van der Waals surface area contributed by atoms with Gasteiger partial charge in [0.25, 0.3) is 0 Å². The fourth-order valence-corrected chi connectivity index (χ4v) is 1.93. The first kappa shape index (κ1) is 8.73. The summed E-state index contributed by atoms with van der Waals surface area (Å²) in [5, 5.41) is 9.13.